The lowest BCUT2D eigenvalue weighted by molar-refractivity contribution is -0.119. The van der Waals surface area contributed by atoms with Crippen molar-refractivity contribution in [3.63, 3.8) is 0 Å². The van der Waals surface area contributed by atoms with Crippen LogP contribution in [0.15, 0.2) is 18.2 Å². The molecule has 1 aromatic heterocycles. The van der Waals surface area contributed by atoms with Crippen molar-refractivity contribution in [3.8, 4) is 0 Å². The first-order valence-electron chi connectivity index (χ1n) is 4.74. The van der Waals surface area contributed by atoms with Crippen LogP contribution >= 0.6 is 11.6 Å². The molecule has 4 nitrogen and oxygen atoms in total. The largest absolute Gasteiger partial charge is 0.355 e. The molecule has 0 fully saturated rings. The van der Waals surface area contributed by atoms with Gasteiger partial charge in [-0.25, -0.2) is 4.98 Å². The molecule has 1 heterocycles. The molecule has 1 aromatic rings. The minimum Gasteiger partial charge on any atom is -0.355 e. The number of nitrogens with one attached hydrogen (secondary N) is 1. The molecule has 0 saturated carbocycles. The minimum atomic E-state index is -0.0261. The standard InChI is InChI=1S/C10H14ClN3O/c1-3-12-10(15)7-14(2)9-6-4-5-8(11)13-9/h4-6H,3,7H2,1-2H3,(H,12,15). The molecule has 0 aliphatic carbocycles. The Morgan fingerprint density at radius 2 is 2.33 bits per heavy atom. The van der Waals surface area contributed by atoms with Gasteiger partial charge in [0.2, 0.25) is 5.91 Å². The van der Waals surface area contributed by atoms with Crippen LogP contribution in [-0.4, -0.2) is 31.0 Å². The number of hydrogen-bond donors (Lipinski definition) is 1. The van der Waals surface area contributed by atoms with Gasteiger partial charge < -0.3 is 10.2 Å². The van der Waals surface area contributed by atoms with E-state index >= 15 is 0 Å². The Morgan fingerprint density at radius 1 is 1.60 bits per heavy atom. The molecule has 82 valence electrons. The number of amides is 1. The number of hydrogen-bond acceptors (Lipinski definition) is 3. The Labute approximate surface area is 94.3 Å². The Kier molecular flexibility index (Phi) is 4.37. The third kappa shape index (κ3) is 3.75. The molecule has 5 heteroatoms. The van der Waals surface area contributed by atoms with Crippen LogP contribution < -0.4 is 10.2 Å². The van der Waals surface area contributed by atoms with E-state index in [1.807, 2.05) is 13.0 Å². The van der Waals surface area contributed by atoms with Crippen molar-refractivity contribution < 1.29 is 4.79 Å². The summed E-state index contributed by atoms with van der Waals surface area (Å²) in [6, 6.07) is 5.31. The maximum atomic E-state index is 11.3. The SMILES string of the molecule is CCNC(=O)CN(C)c1cccc(Cl)n1. The quantitative estimate of drug-likeness (QED) is 0.789. The van der Waals surface area contributed by atoms with E-state index in [4.69, 9.17) is 11.6 Å². The Bertz CT molecular complexity index is 343. The number of anilines is 1. The van der Waals surface area contributed by atoms with Crippen molar-refractivity contribution in [2.45, 2.75) is 6.92 Å². The predicted molar refractivity (Wildman–Crippen MR) is 61.2 cm³/mol. The number of carbonyl (C=O) groups is 1. The Balaban J connectivity index is 2.60. The van der Waals surface area contributed by atoms with E-state index < -0.39 is 0 Å². The van der Waals surface area contributed by atoms with Gasteiger partial charge in [-0.1, -0.05) is 17.7 Å². The van der Waals surface area contributed by atoms with Crippen LogP contribution in [0.4, 0.5) is 5.82 Å². The van der Waals surface area contributed by atoms with E-state index in [0.29, 0.717) is 17.5 Å². The van der Waals surface area contributed by atoms with Crippen LogP contribution in [0.5, 0.6) is 0 Å². The first kappa shape index (κ1) is 11.8. The highest BCUT2D eigenvalue weighted by molar-refractivity contribution is 6.29. The number of halogens is 1. The van der Waals surface area contributed by atoms with Crippen molar-refractivity contribution in [2.24, 2.45) is 0 Å². The van der Waals surface area contributed by atoms with E-state index in [1.54, 1.807) is 24.1 Å². The normalized spacial score (nSPS) is 9.80. The summed E-state index contributed by atoms with van der Waals surface area (Å²) in [6.45, 7) is 2.80. The van der Waals surface area contributed by atoms with E-state index in [0.717, 1.165) is 0 Å². The number of aromatic nitrogens is 1. The zero-order valence-electron chi connectivity index (χ0n) is 8.83. The van der Waals surface area contributed by atoms with Crippen LogP contribution in [0, 0.1) is 0 Å². The van der Waals surface area contributed by atoms with Crippen molar-refractivity contribution in [1.82, 2.24) is 10.3 Å². The van der Waals surface area contributed by atoms with Crippen LogP contribution in [-0.2, 0) is 4.79 Å². The fourth-order valence-corrected chi connectivity index (χ4v) is 1.32. The van der Waals surface area contributed by atoms with E-state index in [9.17, 15) is 4.79 Å². The molecule has 0 atom stereocenters. The molecule has 0 aromatic carbocycles. The second-order valence-corrected chi connectivity index (χ2v) is 3.52. The van der Waals surface area contributed by atoms with Gasteiger partial charge in [-0.05, 0) is 19.1 Å². The molecule has 1 amide bonds. The van der Waals surface area contributed by atoms with Crippen molar-refractivity contribution in [1.29, 1.82) is 0 Å². The lowest BCUT2D eigenvalue weighted by Gasteiger charge is -2.17. The predicted octanol–water partition coefficient (Wildman–Crippen LogP) is 1.31. The van der Waals surface area contributed by atoms with Gasteiger partial charge in [0.1, 0.15) is 11.0 Å². The average molecular weight is 228 g/mol. The summed E-state index contributed by atoms with van der Waals surface area (Å²) < 4.78 is 0. The third-order valence-electron chi connectivity index (χ3n) is 1.85. The second-order valence-electron chi connectivity index (χ2n) is 3.13. The smallest absolute Gasteiger partial charge is 0.239 e. The summed E-state index contributed by atoms with van der Waals surface area (Å²) in [5.41, 5.74) is 0. The van der Waals surface area contributed by atoms with Crippen LogP contribution in [0.3, 0.4) is 0 Å². The molecule has 0 saturated heterocycles. The Morgan fingerprint density at radius 3 is 2.93 bits per heavy atom. The zero-order chi connectivity index (χ0) is 11.3. The number of likely N-dealkylation sites (N-methyl/N-ethyl adjacent to an activating group) is 2. The number of rotatable bonds is 4. The summed E-state index contributed by atoms with van der Waals surface area (Å²) >= 11 is 5.75. The Hall–Kier alpha value is -1.29. The maximum absolute atomic E-state index is 11.3. The molecule has 1 N–H and O–H groups in total. The summed E-state index contributed by atoms with van der Waals surface area (Å²) in [6.07, 6.45) is 0. The lowest BCUT2D eigenvalue weighted by Crippen LogP contribution is -2.35. The maximum Gasteiger partial charge on any atom is 0.239 e. The highest BCUT2D eigenvalue weighted by atomic mass is 35.5. The van der Waals surface area contributed by atoms with Crippen LogP contribution in [0.2, 0.25) is 5.15 Å². The lowest BCUT2D eigenvalue weighted by atomic mass is 10.4. The first-order chi connectivity index (χ1) is 7.13. The van der Waals surface area contributed by atoms with Gasteiger partial charge in [0, 0.05) is 13.6 Å². The van der Waals surface area contributed by atoms with Crippen LogP contribution in [0.25, 0.3) is 0 Å². The number of carbonyl (C=O) groups excluding carboxylic acids is 1. The van der Waals surface area contributed by atoms with Gasteiger partial charge in [-0.15, -0.1) is 0 Å². The molecule has 1 rings (SSSR count). The molecule has 0 aliphatic rings. The number of pyridine rings is 1. The first-order valence-corrected chi connectivity index (χ1v) is 5.11. The zero-order valence-corrected chi connectivity index (χ0v) is 9.58. The van der Waals surface area contributed by atoms with Gasteiger partial charge in [0.05, 0.1) is 6.54 Å². The molecular formula is C10H14ClN3O. The van der Waals surface area contributed by atoms with Crippen molar-refractivity contribution in [2.75, 3.05) is 25.0 Å². The fraction of sp³-hybridized carbons (Fsp3) is 0.400. The summed E-state index contributed by atoms with van der Waals surface area (Å²) in [5.74, 6) is 0.663. The van der Waals surface area contributed by atoms with Gasteiger partial charge in [0.25, 0.3) is 0 Å². The summed E-state index contributed by atoms with van der Waals surface area (Å²) in [4.78, 5) is 17.1. The highest BCUT2D eigenvalue weighted by Crippen LogP contribution is 2.12. The van der Waals surface area contributed by atoms with Crippen molar-refractivity contribution >= 4 is 23.3 Å². The van der Waals surface area contributed by atoms with Gasteiger partial charge in [-0.2, -0.15) is 0 Å². The highest BCUT2D eigenvalue weighted by Gasteiger charge is 2.07. The van der Waals surface area contributed by atoms with E-state index in [1.165, 1.54) is 0 Å². The molecule has 0 spiro atoms. The molecule has 0 radical (unpaired) electrons. The second kappa shape index (κ2) is 5.56. The molecule has 0 aliphatic heterocycles. The summed E-state index contributed by atoms with van der Waals surface area (Å²) in [5, 5.41) is 3.15. The van der Waals surface area contributed by atoms with Gasteiger partial charge in [0.15, 0.2) is 0 Å². The van der Waals surface area contributed by atoms with E-state index in [2.05, 4.69) is 10.3 Å². The third-order valence-corrected chi connectivity index (χ3v) is 2.06. The van der Waals surface area contributed by atoms with Crippen LogP contribution in [0.1, 0.15) is 6.92 Å². The van der Waals surface area contributed by atoms with E-state index in [-0.39, 0.29) is 12.5 Å². The topological polar surface area (TPSA) is 45.2 Å². The van der Waals surface area contributed by atoms with Gasteiger partial charge >= 0.3 is 0 Å². The fourth-order valence-electron chi connectivity index (χ4n) is 1.16. The average Bonchev–Trinajstić information content (AvgIpc) is 2.18. The molecule has 0 bridgehead atoms. The monoisotopic (exact) mass is 227 g/mol. The molecular weight excluding hydrogens is 214 g/mol. The van der Waals surface area contributed by atoms with Gasteiger partial charge in [-0.3, -0.25) is 4.79 Å². The molecule has 0 unspecified atom stereocenters. The summed E-state index contributed by atoms with van der Waals surface area (Å²) in [7, 11) is 1.80. The number of nitrogens with zero attached hydrogens (tertiary/aromatic N) is 2. The molecule has 15 heavy (non-hydrogen) atoms. The van der Waals surface area contributed by atoms with Crippen molar-refractivity contribution in [3.05, 3.63) is 23.4 Å². The minimum absolute atomic E-state index is 0.0261.